The Morgan fingerprint density at radius 3 is 2.60 bits per heavy atom. The van der Waals surface area contributed by atoms with Crippen LogP contribution in [-0.2, 0) is 0 Å². The van der Waals surface area contributed by atoms with Gasteiger partial charge in [0.2, 0.25) is 0 Å². The first-order valence-corrected chi connectivity index (χ1v) is 9.14. The molecule has 0 amide bonds. The predicted molar refractivity (Wildman–Crippen MR) is 85.3 cm³/mol. The molecule has 0 aliphatic heterocycles. The van der Waals surface area contributed by atoms with Gasteiger partial charge in [0, 0.05) is 0 Å². The molecule has 2 saturated carbocycles. The van der Waals surface area contributed by atoms with Crippen molar-refractivity contribution < 1.29 is 0 Å². The van der Waals surface area contributed by atoms with Gasteiger partial charge in [0.1, 0.15) is 0 Å². The summed E-state index contributed by atoms with van der Waals surface area (Å²) in [4.78, 5) is 0. The lowest BCUT2D eigenvalue weighted by Gasteiger charge is -2.45. The average molecular weight is 275 g/mol. The summed E-state index contributed by atoms with van der Waals surface area (Å²) in [5, 5.41) is 9.50. The summed E-state index contributed by atoms with van der Waals surface area (Å²) in [5.41, 5.74) is 0.0368. The highest BCUT2D eigenvalue weighted by Crippen LogP contribution is 2.51. The van der Waals surface area contributed by atoms with Gasteiger partial charge in [-0.05, 0) is 56.3 Å². The number of nitrogens with zero attached hydrogens (tertiary/aromatic N) is 1. The molecule has 114 valence electrons. The van der Waals surface area contributed by atoms with Gasteiger partial charge in [-0.1, -0.05) is 52.4 Å². The second-order valence-electron chi connectivity index (χ2n) is 7.54. The zero-order valence-corrected chi connectivity index (χ0v) is 13.7. The van der Waals surface area contributed by atoms with E-state index in [1.807, 2.05) is 0 Å². The minimum atomic E-state index is 0.0368. The van der Waals surface area contributed by atoms with Crippen molar-refractivity contribution in [1.29, 1.82) is 5.26 Å². The molecule has 2 fully saturated rings. The highest BCUT2D eigenvalue weighted by atomic mass is 14.5. The first kappa shape index (κ1) is 15.9. The van der Waals surface area contributed by atoms with Crippen LogP contribution >= 0.6 is 0 Å². The number of nitriles is 1. The highest BCUT2D eigenvalue weighted by molar-refractivity contribution is 5.03. The van der Waals surface area contributed by atoms with Gasteiger partial charge in [-0.15, -0.1) is 0 Å². The molecule has 2 rings (SSSR count). The molecule has 20 heavy (non-hydrogen) atoms. The van der Waals surface area contributed by atoms with E-state index in [0.29, 0.717) is 0 Å². The van der Waals surface area contributed by atoms with Crippen molar-refractivity contribution in [2.75, 3.05) is 0 Å². The third kappa shape index (κ3) is 3.78. The molecule has 0 heterocycles. The van der Waals surface area contributed by atoms with Crippen molar-refractivity contribution in [3.05, 3.63) is 0 Å². The van der Waals surface area contributed by atoms with Crippen molar-refractivity contribution in [3.63, 3.8) is 0 Å². The standard InChI is InChI=1S/C19H33N/c1-3-5-6-7-8-16-9-10-18-14-19(4-2,15-20)12-11-17(18)13-16/h16-18H,3-14H2,1-2H3/t16-,17+,18?,19-/m0/s1. The maximum atomic E-state index is 9.50. The molecule has 0 aromatic heterocycles. The van der Waals surface area contributed by atoms with E-state index >= 15 is 0 Å². The molecule has 0 radical (unpaired) electrons. The average Bonchev–Trinajstić information content (AvgIpc) is 2.51. The Labute approximate surface area is 126 Å². The molecule has 2 aliphatic rings. The Bertz CT molecular complexity index is 329. The van der Waals surface area contributed by atoms with Crippen LogP contribution in [0.3, 0.4) is 0 Å². The van der Waals surface area contributed by atoms with E-state index in [0.717, 1.165) is 24.2 Å². The SMILES string of the molecule is CCCCCC[C@H]1CCC2C[C@](C#N)(CC)CC[C@@H]2C1. The second kappa shape index (κ2) is 7.48. The van der Waals surface area contributed by atoms with Crippen LogP contribution in [0, 0.1) is 34.5 Å². The van der Waals surface area contributed by atoms with E-state index in [1.54, 1.807) is 0 Å². The molecule has 4 atom stereocenters. The highest BCUT2D eigenvalue weighted by Gasteiger charge is 2.42. The normalized spacial score (nSPS) is 37.1. The lowest BCUT2D eigenvalue weighted by atomic mass is 9.59. The summed E-state index contributed by atoms with van der Waals surface area (Å²) in [6, 6.07) is 2.66. The van der Waals surface area contributed by atoms with Crippen LogP contribution in [0.2, 0.25) is 0 Å². The summed E-state index contributed by atoms with van der Waals surface area (Å²) in [6.07, 6.45) is 16.2. The van der Waals surface area contributed by atoms with Gasteiger partial charge >= 0.3 is 0 Å². The van der Waals surface area contributed by atoms with Gasteiger partial charge in [0.25, 0.3) is 0 Å². The predicted octanol–water partition coefficient (Wildman–Crippen LogP) is 6.09. The molecule has 0 spiro atoms. The zero-order valence-electron chi connectivity index (χ0n) is 13.7. The van der Waals surface area contributed by atoms with E-state index in [9.17, 15) is 5.26 Å². The lowest BCUT2D eigenvalue weighted by molar-refractivity contribution is 0.0651. The molecule has 0 N–H and O–H groups in total. The Morgan fingerprint density at radius 2 is 1.90 bits per heavy atom. The van der Waals surface area contributed by atoms with Crippen molar-refractivity contribution in [2.45, 2.75) is 90.9 Å². The van der Waals surface area contributed by atoms with Crippen LogP contribution in [0.25, 0.3) is 0 Å². The number of hydrogen-bond acceptors (Lipinski definition) is 1. The molecule has 1 heteroatoms. The molecule has 0 aromatic carbocycles. The number of hydrogen-bond donors (Lipinski definition) is 0. The van der Waals surface area contributed by atoms with Crippen LogP contribution < -0.4 is 0 Å². The second-order valence-corrected chi connectivity index (χ2v) is 7.54. The molecule has 0 bridgehead atoms. The molecular weight excluding hydrogens is 242 g/mol. The van der Waals surface area contributed by atoms with Crippen LogP contribution in [0.4, 0.5) is 0 Å². The van der Waals surface area contributed by atoms with Crippen molar-refractivity contribution in [3.8, 4) is 6.07 Å². The Hall–Kier alpha value is -0.510. The van der Waals surface area contributed by atoms with Crippen molar-refractivity contribution >= 4 is 0 Å². The molecule has 1 nitrogen and oxygen atoms in total. The third-order valence-electron chi connectivity index (χ3n) is 6.27. The van der Waals surface area contributed by atoms with Crippen molar-refractivity contribution in [1.82, 2.24) is 0 Å². The van der Waals surface area contributed by atoms with E-state index in [-0.39, 0.29) is 5.41 Å². The Balaban J connectivity index is 1.78. The van der Waals surface area contributed by atoms with E-state index in [2.05, 4.69) is 19.9 Å². The molecule has 0 saturated heterocycles. The van der Waals surface area contributed by atoms with Crippen molar-refractivity contribution in [2.24, 2.45) is 23.2 Å². The zero-order chi connectivity index (χ0) is 14.4. The summed E-state index contributed by atoms with van der Waals surface area (Å²) < 4.78 is 0. The quantitative estimate of drug-likeness (QED) is 0.538. The minimum absolute atomic E-state index is 0.0368. The fraction of sp³-hybridized carbons (Fsp3) is 0.947. The smallest absolute Gasteiger partial charge is 0.0689 e. The van der Waals surface area contributed by atoms with Crippen LogP contribution in [0.1, 0.15) is 90.9 Å². The topological polar surface area (TPSA) is 23.8 Å². The van der Waals surface area contributed by atoms with Crippen LogP contribution in [-0.4, -0.2) is 0 Å². The lowest BCUT2D eigenvalue weighted by Crippen LogP contribution is -2.36. The van der Waals surface area contributed by atoms with E-state index in [4.69, 9.17) is 0 Å². The summed E-state index contributed by atoms with van der Waals surface area (Å²) in [7, 11) is 0. The van der Waals surface area contributed by atoms with Gasteiger partial charge in [-0.3, -0.25) is 0 Å². The first-order valence-electron chi connectivity index (χ1n) is 9.14. The maximum Gasteiger partial charge on any atom is 0.0689 e. The number of unbranched alkanes of at least 4 members (excludes halogenated alkanes) is 3. The van der Waals surface area contributed by atoms with Gasteiger partial charge in [0.05, 0.1) is 11.5 Å². The van der Waals surface area contributed by atoms with Crippen LogP contribution in [0.15, 0.2) is 0 Å². The third-order valence-corrected chi connectivity index (χ3v) is 6.27. The number of rotatable bonds is 6. The van der Waals surface area contributed by atoms with Gasteiger partial charge in [-0.25, -0.2) is 0 Å². The summed E-state index contributed by atoms with van der Waals surface area (Å²) >= 11 is 0. The molecule has 0 aromatic rings. The maximum absolute atomic E-state index is 9.50. The molecule has 1 unspecified atom stereocenters. The fourth-order valence-electron chi connectivity index (χ4n) is 4.74. The van der Waals surface area contributed by atoms with Gasteiger partial charge in [0.15, 0.2) is 0 Å². The fourth-order valence-corrected chi connectivity index (χ4v) is 4.74. The van der Waals surface area contributed by atoms with E-state index in [1.165, 1.54) is 70.6 Å². The first-order chi connectivity index (χ1) is 9.73. The number of fused-ring (bicyclic) bond motifs is 1. The summed E-state index contributed by atoms with van der Waals surface area (Å²) in [6.45, 7) is 4.51. The Morgan fingerprint density at radius 1 is 1.05 bits per heavy atom. The van der Waals surface area contributed by atoms with Crippen LogP contribution in [0.5, 0.6) is 0 Å². The molecular formula is C19H33N. The Kier molecular flexibility index (Phi) is 5.94. The summed E-state index contributed by atoms with van der Waals surface area (Å²) in [5.74, 6) is 2.83. The van der Waals surface area contributed by atoms with Gasteiger partial charge < -0.3 is 0 Å². The van der Waals surface area contributed by atoms with Gasteiger partial charge in [-0.2, -0.15) is 5.26 Å². The monoisotopic (exact) mass is 275 g/mol. The largest absolute Gasteiger partial charge is 0.198 e. The minimum Gasteiger partial charge on any atom is -0.198 e. The van der Waals surface area contributed by atoms with E-state index < -0.39 is 0 Å². The molecule has 2 aliphatic carbocycles.